The summed E-state index contributed by atoms with van der Waals surface area (Å²) >= 11 is 0. The molecule has 5 nitrogen and oxygen atoms in total. The van der Waals surface area contributed by atoms with Crippen LogP contribution in [0.15, 0.2) is 18.2 Å². The van der Waals surface area contributed by atoms with Crippen molar-refractivity contribution in [3.8, 4) is 11.5 Å². The zero-order chi connectivity index (χ0) is 15.1. The van der Waals surface area contributed by atoms with Crippen molar-refractivity contribution in [2.75, 3.05) is 60.5 Å². The molecule has 0 spiro atoms. The molecule has 0 aromatic heterocycles. The van der Waals surface area contributed by atoms with Gasteiger partial charge in [0.05, 0.1) is 7.11 Å². The van der Waals surface area contributed by atoms with Crippen LogP contribution >= 0.6 is 0 Å². The quantitative estimate of drug-likeness (QED) is 0.813. The van der Waals surface area contributed by atoms with Gasteiger partial charge in [0.15, 0.2) is 0 Å². The van der Waals surface area contributed by atoms with Crippen molar-refractivity contribution in [2.45, 2.75) is 6.54 Å². The molecule has 118 valence electrons. The molecule has 1 aliphatic rings. The molecule has 1 heterocycles. The number of piperazine rings is 1. The van der Waals surface area contributed by atoms with Crippen LogP contribution in [0.1, 0.15) is 5.56 Å². The summed E-state index contributed by atoms with van der Waals surface area (Å²) in [5.74, 6) is 1.75. The smallest absolute Gasteiger partial charge is 0.127 e. The Bertz CT molecular complexity index is 432. The number of nitrogens with one attached hydrogen (secondary N) is 1. The maximum atomic E-state index is 5.99. The largest absolute Gasteiger partial charge is 0.497 e. The number of nitrogens with zero attached hydrogens (tertiary/aromatic N) is 2. The Kier molecular flexibility index (Phi) is 6.29. The summed E-state index contributed by atoms with van der Waals surface area (Å²) in [6.45, 7) is 7.03. The Morgan fingerprint density at radius 2 is 1.95 bits per heavy atom. The molecule has 0 unspecified atom stereocenters. The highest BCUT2D eigenvalue weighted by molar-refractivity contribution is 5.40. The maximum absolute atomic E-state index is 5.99. The van der Waals surface area contributed by atoms with Crippen LogP contribution in [0.2, 0.25) is 0 Å². The van der Waals surface area contributed by atoms with Gasteiger partial charge < -0.3 is 19.7 Å². The first kappa shape index (κ1) is 16.1. The second-order valence-electron chi connectivity index (χ2n) is 5.50. The maximum Gasteiger partial charge on any atom is 0.127 e. The molecule has 0 aliphatic carbocycles. The van der Waals surface area contributed by atoms with Crippen LogP contribution in [0.5, 0.6) is 11.5 Å². The van der Waals surface area contributed by atoms with Crippen molar-refractivity contribution in [3.63, 3.8) is 0 Å². The van der Waals surface area contributed by atoms with Crippen molar-refractivity contribution in [3.05, 3.63) is 23.8 Å². The average molecular weight is 293 g/mol. The number of likely N-dealkylation sites (N-methyl/N-ethyl adjacent to an activating group) is 1. The van der Waals surface area contributed by atoms with Crippen molar-refractivity contribution >= 4 is 0 Å². The third-order valence-electron chi connectivity index (χ3n) is 3.90. The molecular formula is C16H27N3O2. The van der Waals surface area contributed by atoms with E-state index in [4.69, 9.17) is 9.47 Å². The van der Waals surface area contributed by atoms with E-state index < -0.39 is 0 Å². The Balaban J connectivity index is 1.86. The molecule has 0 bridgehead atoms. The van der Waals surface area contributed by atoms with E-state index in [1.165, 1.54) is 0 Å². The molecule has 1 aliphatic heterocycles. The van der Waals surface area contributed by atoms with Gasteiger partial charge in [-0.3, -0.25) is 4.90 Å². The predicted molar refractivity (Wildman–Crippen MR) is 85.2 cm³/mol. The fourth-order valence-corrected chi connectivity index (χ4v) is 2.49. The number of hydrogen-bond donors (Lipinski definition) is 1. The number of rotatable bonds is 7. The number of benzene rings is 1. The summed E-state index contributed by atoms with van der Waals surface area (Å²) in [6, 6.07) is 6.00. The van der Waals surface area contributed by atoms with Crippen LogP contribution < -0.4 is 14.8 Å². The van der Waals surface area contributed by atoms with Gasteiger partial charge in [0.25, 0.3) is 0 Å². The second kappa shape index (κ2) is 8.22. The van der Waals surface area contributed by atoms with Gasteiger partial charge in [0.1, 0.15) is 18.1 Å². The van der Waals surface area contributed by atoms with Crippen molar-refractivity contribution in [1.29, 1.82) is 0 Å². The Hall–Kier alpha value is -1.30. The minimum atomic E-state index is 0.716. The molecule has 2 rings (SSSR count). The van der Waals surface area contributed by atoms with Gasteiger partial charge in [0, 0.05) is 50.9 Å². The highest BCUT2D eigenvalue weighted by Crippen LogP contribution is 2.24. The Labute approximate surface area is 127 Å². The van der Waals surface area contributed by atoms with E-state index >= 15 is 0 Å². The topological polar surface area (TPSA) is 37.0 Å². The van der Waals surface area contributed by atoms with E-state index in [0.29, 0.717) is 6.61 Å². The highest BCUT2D eigenvalue weighted by atomic mass is 16.5. The lowest BCUT2D eigenvalue weighted by molar-refractivity contribution is 0.133. The van der Waals surface area contributed by atoms with Gasteiger partial charge in [-0.1, -0.05) is 6.07 Å². The average Bonchev–Trinajstić information content (AvgIpc) is 2.51. The number of hydrogen-bond acceptors (Lipinski definition) is 5. The molecule has 1 aromatic rings. The first-order chi connectivity index (χ1) is 10.2. The molecule has 0 radical (unpaired) electrons. The fraction of sp³-hybridized carbons (Fsp3) is 0.625. The van der Waals surface area contributed by atoms with Crippen molar-refractivity contribution in [1.82, 2.24) is 15.1 Å². The zero-order valence-corrected chi connectivity index (χ0v) is 13.4. The lowest BCUT2D eigenvalue weighted by Gasteiger charge is -2.32. The van der Waals surface area contributed by atoms with E-state index in [-0.39, 0.29) is 0 Å². The van der Waals surface area contributed by atoms with Gasteiger partial charge in [-0.05, 0) is 20.2 Å². The monoisotopic (exact) mass is 293 g/mol. The first-order valence-corrected chi connectivity index (χ1v) is 7.58. The van der Waals surface area contributed by atoms with E-state index in [1.54, 1.807) is 7.11 Å². The molecule has 0 saturated carbocycles. The zero-order valence-electron chi connectivity index (χ0n) is 13.4. The molecule has 21 heavy (non-hydrogen) atoms. The van der Waals surface area contributed by atoms with Crippen LogP contribution in [-0.4, -0.2) is 70.3 Å². The summed E-state index contributed by atoms with van der Waals surface area (Å²) in [5.41, 5.74) is 1.16. The normalized spacial score (nSPS) is 16.9. The Morgan fingerprint density at radius 1 is 1.19 bits per heavy atom. The fourth-order valence-electron chi connectivity index (χ4n) is 2.49. The molecular weight excluding hydrogens is 266 g/mol. The van der Waals surface area contributed by atoms with Crippen LogP contribution in [0.25, 0.3) is 0 Å². The van der Waals surface area contributed by atoms with Gasteiger partial charge in [-0.15, -0.1) is 0 Å². The molecule has 0 atom stereocenters. The third-order valence-corrected chi connectivity index (χ3v) is 3.90. The standard InChI is InChI=1S/C16H27N3O2/c1-17-13-14-4-5-15(20-3)12-16(14)21-11-10-19-8-6-18(2)7-9-19/h4-5,12,17H,6-11,13H2,1-3H3. The predicted octanol–water partition coefficient (Wildman–Crippen LogP) is 1.04. The van der Waals surface area contributed by atoms with Gasteiger partial charge >= 0.3 is 0 Å². The highest BCUT2D eigenvalue weighted by Gasteiger charge is 2.13. The lowest BCUT2D eigenvalue weighted by atomic mass is 10.2. The van der Waals surface area contributed by atoms with Gasteiger partial charge in [0.2, 0.25) is 0 Å². The third kappa shape index (κ3) is 4.88. The molecule has 1 N–H and O–H groups in total. The molecule has 1 saturated heterocycles. The minimum absolute atomic E-state index is 0.716. The van der Waals surface area contributed by atoms with E-state index in [0.717, 1.165) is 56.3 Å². The van der Waals surface area contributed by atoms with Crippen LogP contribution in [0.3, 0.4) is 0 Å². The summed E-state index contributed by atoms with van der Waals surface area (Å²) in [4.78, 5) is 4.82. The molecule has 1 fully saturated rings. The summed E-state index contributed by atoms with van der Waals surface area (Å²) in [7, 11) is 5.80. The second-order valence-corrected chi connectivity index (χ2v) is 5.50. The molecule has 1 aromatic carbocycles. The Morgan fingerprint density at radius 3 is 2.62 bits per heavy atom. The van der Waals surface area contributed by atoms with Crippen LogP contribution in [0.4, 0.5) is 0 Å². The van der Waals surface area contributed by atoms with E-state index in [2.05, 4.69) is 28.2 Å². The van der Waals surface area contributed by atoms with Crippen LogP contribution in [-0.2, 0) is 6.54 Å². The number of methoxy groups -OCH3 is 1. The summed E-state index contributed by atoms with van der Waals surface area (Å²) in [6.07, 6.45) is 0. The van der Waals surface area contributed by atoms with Gasteiger partial charge in [-0.25, -0.2) is 0 Å². The minimum Gasteiger partial charge on any atom is -0.497 e. The van der Waals surface area contributed by atoms with Gasteiger partial charge in [-0.2, -0.15) is 0 Å². The number of ether oxygens (including phenoxy) is 2. The van der Waals surface area contributed by atoms with E-state index in [9.17, 15) is 0 Å². The molecule has 5 heteroatoms. The first-order valence-electron chi connectivity index (χ1n) is 7.58. The summed E-state index contributed by atoms with van der Waals surface area (Å²) in [5, 5.41) is 3.17. The van der Waals surface area contributed by atoms with E-state index in [1.807, 2.05) is 19.2 Å². The SMILES string of the molecule is CNCc1ccc(OC)cc1OCCN1CCN(C)CC1. The summed E-state index contributed by atoms with van der Waals surface area (Å²) < 4.78 is 11.3. The van der Waals surface area contributed by atoms with Crippen molar-refractivity contribution < 1.29 is 9.47 Å². The van der Waals surface area contributed by atoms with Crippen molar-refractivity contribution in [2.24, 2.45) is 0 Å². The lowest BCUT2D eigenvalue weighted by Crippen LogP contribution is -2.45. The molecule has 0 amide bonds. The van der Waals surface area contributed by atoms with Crippen LogP contribution in [0, 0.1) is 0 Å².